The number of carbonyl (C=O) groups excluding carboxylic acids is 2. The molecule has 1 atom stereocenters. The number of nitrogens with one attached hydrogen (secondary N) is 1. The fourth-order valence-corrected chi connectivity index (χ4v) is 5.39. The van der Waals surface area contributed by atoms with Gasteiger partial charge >= 0.3 is 0 Å². The molecule has 2 amide bonds. The van der Waals surface area contributed by atoms with E-state index in [0.717, 1.165) is 21.4 Å². The Kier molecular flexibility index (Phi) is 10.4. The highest BCUT2D eigenvalue weighted by Crippen LogP contribution is 2.21. The van der Waals surface area contributed by atoms with E-state index < -0.39 is 11.6 Å². The molecule has 0 saturated heterocycles. The SMILES string of the molecule is Cc1cc(C)cc(CSCC(=O)N(Cc2ccc(Br)cc2)[C@@H](Cc2ccccc2)C(=O)NC(C)(C)C)c1. The molecule has 0 aliphatic heterocycles. The van der Waals surface area contributed by atoms with E-state index in [1.165, 1.54) is 16.7 Å². The van der Waals surface area contributed by atoms with Crippen molar-refractivity contribution in [3.8, 4) is 0 Å². The van der Waals surface area contributed by atoms with Crippen LogP contribution in [0.3, 0.4) is 0 Å². The molecular formula is C31H37BrN2O2S. The zero-order chi connectivity index (χ0) is 27.0. The van der Waals surface area contributed by atoms with Gasteiger partial charge in [0.15, 0.2) is 0 Å². The Morgan fingerprint density at radius 2 is 1.51 bits per heavy atom. The van der Waals surface area contributed by atoms with Crippen LogP contribution in [-0.2, 0) is 28.3 Å². The van der Waals surface area contributed by atoms with E-state index >= 15 is 0 Å². The van der Waals surface area contributed by atoms with E-state index in [4.69, 9.17) is 0 Å². The lowest BCUT2D eigenvalue weighted by atomic mass is 10.0. The number of hydrogen-bond acceptors (Lipinski definition) is 3. The first kappa shape index (κ1) is 29.0. The lowest BCUT2D eigenvalue weighted by Gasteiger charge is -2.34. The molecule has 0 aliphatic rings. The molecule has 0 radical (unpaired) electrons. The molecule has 37 heavy (non-hydrogen) atoms. The van der Waals surface area contributed by atoms with E-state index in [9.17, 15) is 9.59 Å². The maximum atomic E-state index is 13.8. The summed E-state index contributed by atoms with van der Waals surface area (Å²) >= 11 is 5.08. The summed E-state index contributed by atoms with van der Waals surface area (Å²) in [6.07, 6.45) is 0.451. The van der Waals surface area contributed by atoms with Crippen molar-refractivity contribution in [2.75, 3.05) is 5.75 Å². The highest BCUT2D eigenvalue weighted by molar-refractivity contribution is 9.10. The van der Waals surface area contributed by atoms with Gasteiger partial charge in [-0.3, -0.25) is 9.59 Å². The molecule has 1 N–H and O–H groups in total. The monoisotopic (exact) mass is 580 g/mol. The molecule has 4 nitrogen and oxygen atoms in total. The van der Waals surface area contributed by atoms with Gasteiger partial charge in [-0.1, -0.05) is 87.7 Å². The second-order valence-electron chi connectivity index (χ2n) is 10.6. The average molecular weight is 582 g/mol. The molecule has 196 valence electrons. The number of halogens is 1. The first-order valence-electron chi connectivity index (χ1n) is 12.5. The number of amides is 2. The van der Waals surface area contributed by atoms with Gasteiger partial charge in [-0.15, -0.1) is 11.8 Å². The van der Waals surface area contributed by atoms with Gasteiger partial charge in [0, 0.05) is 28.7 Å². The highest BCUT2D eigenvalue weighted by Gasteiger charge is 2.32. The molecule has 3 aromatic rings. The smallest absolute Gasteiger partial charge is 0.243 e. The molecule has 0 aromatic heterocycles. The van der Waals surface area contributed by atoms with E-state index in [2.05, 4.69) is 53.3 Å². The van der Waals surface area contributed by atoms with Crippen LogP contribution < -0.4 is 5.32 Å². The standard InChI is InChI=1S/C31H37BrN2O2S/c1-22-15-23(2)17-26(16-22)20-37-21-29(35)34(19-25-11-13-27(32)14-12-25)28(30(36)33-31(3,4)5)18-24-9-7-6-8-10-24/h6-17,28H,18-21H2,1-5H3,(H,33,36)/t28-/m0/s1. The molecule has 0 fully saturated rings. The van der Waals surface area contributed by atoms with Gasteiger partial charge in [-0.2, -0.15) is 0 Å². The minimum absolute atomic E-state index is 0.0396. The van der Waals surface area contributed by atoms with Crippen LogP contribution in [0.25, 0.3) is 0 Å². The molecular weight excluding hydrogens is 544 g/mol. The predicted molar refractivity (Wildman–Crippen MR) is 159 cm³/mol. The van der Waals surface area contributed by atoms with Crippen molar-refractivity contribution in [3.63, 3.8) is 0 Å². The Labute approximate surface area is 234 Å². The maximum absolute atomic E-state index is 13.8. The fraction of sp³-hybridized carbons (Fsp3) is 0.355. The Balaban J connectivity index is 1.87. The number of rotatable bonds is 10. The molecule has 0 unspecified atom stereocenters. The highest BCUT2D eigenvalue weighted by atomic mass is 79.9. The second kappa shape index (κ2) is 13.3. The predicted octanol–water partition coefficient (Wildman–Crippen LogP) is 6.85. The summed E-state index contributed by atoms with van der Waals surface area (Å²) in [5.41, 5.74) is 5.25. The average Bonchev–Trinajstić information content (AvgIpc) is 2.81. The molecule has 0 aliphatic carbocycles. The third-order valence-electron chi connectivity index (χ3n) is 5.81. The normalized spacial score (nSPS) is 12.2. The summed E-state index contributed by atoms with van der Waals surface area (Å²) < 4.78 is 0.976. The topological polar surface area (TPSA) is 49.4 Å². The molecule has 3 rings (SSSR count). The van der Waals surface area contributed by atoms with Crippen molar-refractivity contribution in [1.29, 1.82) is 0 Å². The van der Waals surface area contributed by atoms with Crippen molar-refractivity contribution >= 4 is 39.5 Å². The zero-order valence-electron chi connectivity index (χ0n) is 22.4. The van der Waals surface area contributed by atoms with Crippen LogP contribution in [0.4, 0.5) is 0 Å². The van der Waals surface area contributed by atoms with Crippen molar-refractivity contribution in [2.45, 2.75) is 64.9 Å². The summed E-state index contributed by atoms with van der Waals surface area (Å²) in [5.74, 6) is 0.874. The maximum Gasteiger partial charge on any atom is 0.243 e. The van der Waals surface area contributed by atoms with Crippen LogP contribution >= 0.6 is 27.7 Å². The molecule has 0 bridgehead atoms. The Hall–Kier alpha value is -2.57. The minimum Gasteiger partial charge on any atom is -0.350 e. The first-order chi connectivity index (χ1) is 17.5. The Morgan fingerprint density at radius 3 is 2.11 bits per heavy atom. The second-order valence-corrected chi connectivity index (χ2v) is 12.5. The molecule has 3 aromatic carbocycles. The zero-order valence-corrected chi connectivity index (χ0v) is 24.8. The lowest BCUT2D eigenvalue weighted by molar-refractivity contribution is -0.140. The van der Waals surface area contributed by atoms with Gasteiger partial charge in [0.25, 0.3) is 0 Å². The summed E-state index contributed by atoms with van der Waals surface area (Å²) in [6, 6.07) is 23.7. The van der Waals surface area contributed by atoms with Crippen LogP contribution in [0.1, 0.15) is 48.6 Å². The number of nitrogens with zero attached hydrogens (tertiary/aromatic N) is 1. The summed E-state index contributed by atoms with van der Waals surface area (Å²) in [5, 5.41) is 3.12. The Bertz CT molecular complexity index is 1170. The minimum atomic E-state index is -0.625. The van der Waals surface area contributed by atoms with Crippen LogP contribution in [-0.4, -0.2) is 34.0 Å². The Morgan fingerprint density at radius 1 is 0.892 bits per heavy atom. The van der Waals surface area contributed by atoms with Crippen molar-refractivity contribution in [3.05, 3.63) is 105 Å². The quantitative estimate of drug-likeness (QED) is 0.285. The number of thioether (sulfide) groups is 1. The summed E-state index contributed by atoms with van der Waals surface area (Å²) in [6.45, 7) is 10.4. The first-order valence-corrected chi connectivity index (χ1v) is 14.5. The fourth-order valence-electron chi connectivity index (χ4n) is 4.28. The van der Waals surface area contributed by atoms with Gasteiger partial charge in [0.05, 0.1) is 5.75 Å². The molecule has 6 heteroatoms. The van der Waals surface area contributed by atoms with Crippen LogP contribution in [0.5, 0.6) is 0 Å². The van der Waals surface area contributed by atoms with Gasteiger partial charge in [0.2, 0.25) is 11.8 Å². The van der Waals surface area contributed by atoms with E-state index in [0.29, 0.717) is 18.7 Å². The summed E-state index contributed by atoms with van der Waals surface area (Å²) in [7, 11) is 0. The summed E-state index contributed by atoms with van der Waals surface area (Å²) in [4.78, 5) is 29.1. The molecule has 0 heterocycles. The number of benzene rings is 3. The van der Waals surface area contributed by atoms with Gasteiger partial charge < -0.3 is 10.2 Å². The number of carbonyl (C=O) groups is 2. The van der Waals surface area contributed by atoms with Crippen LogP contribution in [0, 0.1) is 13.8 Å². The van der Waals surface area contributed by atoms with Crippen molar-refractivity contribution < 1.29 is 9.59 Å². The number of aryl methyl sites for hydroxylation is 2. The van der Waals surface area contributed by atoms with E-state index in [1.807, 2.05) is 75.4 Å². The molecule has 0 saturated carbocycles. The molecule has 0 spiro atoms. The van der Waals surface area contributed by atoms with Gasteiger partial charge in [-0.05, 0) is 63.4 Å². The third-order valence-corrected chi connectivity index (χ3v) is 7.33. The van der Waals surface area contributed by atoms with Gasteiger partial charge in [0.1, 0.15) is 6.04 Å². The third kappa shape index (κ3) is 9.67. The van der Waals surface area contributed by atoms with Crippen LogP contribution in [0.15, 0.2) is 77.3 Å². The van der Waals surface area contributed by atoms with Crippen molar-refractivity contribution in [2.24, 2.45) is 0 Å². The lowest BCUT2D eigenvalue weighted by Crippen LogP contribution is -2.54. The van der Waals surface area contributed by atoms with E-state index in [-0.39, 0.29) is 11.8 Å². The number of hydrogen-bond donors (Lipinski definition) is 1. The van der Waals surface area contributed by atoms with Crippen LogP contribution in [0.2, 0.25) is 0 Å². The van der Waals surface area contributed by atoms with Crippen molar-refractivity contribution in [1.82, 2.24) is 10.2 Å². The van der Waals surface area contributed by atoms with E-state index in [1.54, 1.807) is 16.7 Å². The van der Waals surface area contributed by atoms with Gasteiger partial charge in [-0.25, -0.2) is 0 Å². The largest absolute Gasteiger partial charge is 0.350 e.